The Kier molecular flexibility index (Phi) is 7.30. The number of carbonyl (C=O) groups excluding carboxylic acids is 2. The maximum absolute atomic E-state index is 12.6. The lowest BCUT2D eigenvalue weighted by molar-refractivity contribution is -0.113. The SMILES string of the molecule is COc1ccccc1NC(=O)CSc1nnc(C(C)NC(=O)c2ccccc2C)n1C. The standard InChI is InChI=1S/C22H25N5O3S/c1-14-9-5-6-10-16(14)21(29)23-15(2)20-25-26-22(27(20)3)31-13-19(28)24-17-11-7-8-12-18(17)30-4/h5-12,15H,13H2,1-4H3,(H,23,29)(H,24,28). The molecule has 0 bridgehead atoms. The van der Waals surface area contributed by atoms with Crippen molar-refractivity contribution in [2.45, 2.75) is 25.0 Å². The predicted octanol–water partition coefficient (Wildman–Crippen LogP) is 3.35. The molecule has 2 amide bonds. The summed E-state index contributed by atoms with van der Waals surface area (Å²) in [5.74, 6) is 1.02. The number of nitrogens with zero attached hydrogens (tertiary/aromatic N) is 3. The number of carbonyl (C=O) groups is 2. The quantitative estimate of drug-likeness (QED) is 0.523. The molecule has 0 spiro atoms. The molecule has 9 heteroatoms. The predicted molar refractivity (Wildman–Crippen MR) is 120 cm³/mol. The van der Waals surface area contributed by atoms with Crippen molar-refractivity contribution in [3.63, 3.8) is 0 Å². The zero-order valence-corrected chi connectivity index (χ0v) is 18.7. The molecule has 0 aliphatic heterocycles. The number of benzene rings is 2. The molecular weight excluding hydrogens is 414 g/mol. The minimum atomic E-state index is -0.346. The number of ether oxygens (including phenoxy) is 1. The summed E-state index contributed by atoms with van der Waals surface area (Å²) in [5, 5.41) is 14.7. The normalized spacial score (nSPS) is 11.6. The van der Waals surface area contributed by atoms with Gasteiger partial charge in [-0.1, -0.05) is 42.1 Å². The van der Waals surface area contributed by atoms with Gasteiger partial charge in [0.05, 0.1) is 24.6 Å². The molecule has 0 aliphatic rings. The molecule has 0 saturated carbocycles. The van der Waals surface area contributed by atoms with Crippen LogP contribution in [0.15, 0.2) is 53.7 Å². The second kappa shape index (κ2) is 10.1. The number of thioether (sulfide) groups is 1. The molecular formula is C22H25N5O3S. The Hall–Kier alpha value is -3.33. The molecule has 0 fully saturated rings. The van der Waals surface area contributed by atoms with E-state index in [0.717, 1.165) is 5.56 Å². The van der Waals surface area contributed by atoms with Crippen LogP contribution in [0, 0.1) is 6.92 Å². The molecule has 31 heavy (non-hydrogen) atoms. The van der Waals surface area contributed by atoms with E-state index in [1.54, 1.807) is 29.9 Å². The number of nitrogens with one attached hydrogen (secondary N) is 2. The van der Waals surface area contributed by atoms with E-state index in [1.807, 2.05) is 51.2 Å². The van der Waals surface area contributed by atoms with Gasteiger partial charge in [0.2, 0.25) is 5.91 Å². The van der Waals surface area contributed by atoms with Crippen molar-refractivity contribution in [3.8, 4) is 5.75 Å². The van der Waals surface area contributed by atoms with Crippen molar-refractivity contribution in [1.82, 2.24) is 20.1 Å². The molecule has 8 nitrogen and oxygen atoms in total. The van der Waals surface area contributed by atoms with Gasteiger partial charge in [0.25, 0.3) is 5.91 Å². The lowest BCUT2D eigenvalue weighted by Gasteiger charge is -2.14. The van der Waals surface area contributed by atoms with Crippen LogP contribution in [-0.4, -0.2) is 39.4 Å². The van der Waals surface area contributed by atoms with Crippen molar-refractivity contribution in [1.29, 1.82) is 0 Å². The monoisotopic (exact) mass is 439 g/mol. The van der Waals surface area contributed by atoms with Crippen LogP contribution in [0.2, 0.25) is 0 Å². The number of hydrogen-bond donors (Lipinski definition) is 2. The molecule has 1 aromatic heterocycles. The van der Waals surface area contributed by atoms with Crippen molar-refractivity contribution in [2.24, 2.45) is 7.05 Å². The lowest BCUT2D eigenvalue weighted by Crippen LogP contribution is -2.29. The number of amides is 2. The zero-order valence-electron chi connectivity index (χ0n) is 17.9. The number of aryl methyl sites for hydroxylation is 1. The average Bonchev–Trinajstić information content (AvgIpc) is 3.13. The third-order valence-electron chi connectivity index (χ3n) is 4.71. The minimum Gasteiger partial charge on any atom is -0.495 e. The number of hydrogen-bond acceptors (Lipinski definition) is 6. The van der Waals surface area contributed by atoms with Gasteiger partial charge in [-0.25, -0.2) is 0 Å². The second-order valence-electron chi connectivity index (χ2n) is 6.95. The summed E-state index contributed by atoms with van der Waals surface area (Å²) in [6.45, 7) is 3.75. The molecule has 0 saturated heterocycles. The largest absolute Gasteiger partial charge is 0.495 e. The molecule has 2 aromatic carbocycles. The van der Waals surface area contributed by atoms with E-state index in [9.17, 15) is 9.59 Å². The van der Waals surface area contributed by atoms with E-state index >= 15 is 0 Å². The number of aromatic nitrogens is 3. The first-order chi connectivity index (χ1) is 14.9. The summed E-state index contributed by atoms with van der Waals surface area (Å²) < 4.78 is 7.03. The fourth-order valence-corrected chi connectivity index (χ4v) is 3.78. The van der Waals surface area contributed by atoms with E-state index in [2.05, 4.69) is 20.8 Å². The van der Waals surface area contributed by atoms with Gasteiger partial charge in [-0.15, -0.1) is 10.2 Å². The first-order valence-electron chi connectivity index (χ1n) is 9.72. The van der Waals surface area contributed by atoms with Crippen LogP contribution in [-0.2, 0) is 11.8 Å². The van der Waals surface area contributed by atoms with Crippen molar-refractivity contribution < 1.29 is 14.3 Å². The number of anilines is 1. The number of para-hydroxylation sites is 2. The Morgan fingerprint density at radius 1 is 1.13 bits per heavy atom. The van der Waals surface area contributed by atoms with Crippen LogP contribution in [0.3, 0.4) is 0 Å². The topological polar surface area (TPSA) is 98.1 Å². The molecule has 1 heterocycles. The minimum absolute atomic E-state index is 0.161. The summed E-state index contributed by atoms with van der Waals surface area (Å²) in [4.78, 5) is 24.9. The molecule has 0 radical (unpaired) electrons. The van der Waals surface area contributed by atoms with Crippen LogP contribution in [0.25, 0.3) is 0 Å². The van der Waals surface area contributed by atoms with E-state index in [1.165, 1.54) is 11.8 Å². The Balaban J connectivity index is 1.60. The number of methoxy groups -OCH3 is 1. The summed E-state index contributed by atoms with van der Waals surface area (Å²) in [6.07, 6.45) is 0. The van der Waals surface area contributed by atoms with Gasteiger partial charge < -0.3 is 19.9 Å². The van der Waals surface area contributed by atoms with Gasteiger partial charge in [0.1, 0.15) is 5.75 Å². The molecule has 1 unspecified atom stereocenters. The average molecular weight is 440 g/mol. The molecule has 162 valence electrons. The Bertz CT molecular complexity index is 1080. The summed E-state index contributed by atoms with van der Waals surface area (Å²) >= 11 is 1.27. The third-order valence-corrected chi connectivity index (χ3v) is 5.73. The summed E-state index contributed by atoms with van der Waals surface area (Å²) in [5.41, 5.74) is 2.14. The van der Waals surface area contributed by atoms with E-state index in [-0.39, 0.29) is 23.6 Å². The van der Waals surface area contributed by atoms with Gasteiger partial charge in [-0.2, -0.15) is 0 Å². The molecule has 1 atom stereocenters. The Morgan fingerprint density at radius 3 is 2.58 bits per heavy atom. The molecule has 2 N–H and O–H groups in total. The first kappa shape index (κ1) is 22.4. The highest BCUT2D eigenvalue weighted by Crippen LogP contribution is 2.24. The highest BCUT2D eigenvalue weighted by atomic mass is 32.2. The van der Waals surface area contributed by atoms with Crippen molar-refractivity contribution in [2.75, 3.05) is 18.2 Å². The lowest BCUT2D eigenvalue weighted by atomic mass is 10.1. The zero-order chi connectivity index (χ0) is 22.4. The molecule has 0 aliphatic carbocycles. The van der Waals surface area contributed by atoms with Crippen LogP contribution in [0.4, 0.5) is 5.69 Å². The van der Waals surface area contributed by atoms with E-state index < -0.39 is 0 Å². The molecule has 3 aromatic rings. The highest BCUT2D eigenvalue weighted by molar-refractivity contribution is 7.99. The highest BCUT2D eigenvalue weighted by Gasteiger charge is 2.19. The smallest absolute Gasteiger partial charge is 0.252 e. The first-order valence-corrected chi connectivity index (χ1v) is 10.7. The molecule has 3 rings (SSSR count). The Morgan fingerprint density at radius 2 is 1.84 bits per heavy atom. The second-order valence-corrected chi connectivity index (χ2v) is 7.89. The van der Waals surface area contributed by atoms with Crippen LogP contribution < -0.4 is 15.4 Å². The van der Waals surface area contributed by atoms with Crippen LogP contribution in [0.1, 0.15) is 34.7 Å². The number of rotatable bonds is 8. The van der Waals surface area contributed by atoms with Crippen LogP contribution >= 0.6 is 11.8 Å². The van der Waals surface area contributed by atoms with E-state index in [0.29, 0.717) is 28.0 Å². The van der Waals surface area contributed by atoms with E-state index in [4.69, 9.17) is 4.74 Å². The van der Waals surface area contributed by atoms with Gasteiger partial charge in [0.15, 0.2) is 11.0 Å². The fourth-order valence-electron chi connectivity index (χ4n) is 3.06. The Labute approximate surface area is 185 Å². The van der Waals surface area contributed by atoms with Gasteiger partial charge >= 0.3 is 0 Å². The third kappa shape index (κ3) is 5.43. The van der Waals surface area contributed by atoms with Gasteiger partial charge in [-0.3, -0.25) is 9.59 Å². The van der Waals surface area contributed by atoms with Crippen molar-refractivity contribution in [3.05, 3.63) is 65.5 Å². The van der Waals surface area contributed by atoms with Crippen LogP contribution in [0.5, 0.6) is 5.75 Å². The van der Waals surface area contributed by atoms with Crippen molar-refractivity contribution >= 4 is 29.3 Å². The van der Waals surface area contributed by atoms with Gasteiger partial charge in [-0.05, 0) is 37.6 Å². The van der Waals surface area contributed by atoms with Gasteiger partial charge in [0, 0.05) is 12.6 Å². The summed E-state index contributed by atoms with van der Waals surface area (Å²) in [6, 6.07) is 14.3. The fraction of sp³-hybridized carbons (Fsp3) is 0.273. The maximum atomic E-state index is 12.6. The maximum Gasteiger partial charge on any atom is 0.252 e. The summed E-state index contributed by atoms with van der Waals surface area (Å²) in [7, 11) is 3.37.